The first-order valence-electron chi connectivity index (χ1n) is 16.4. The third kappa shape index (κ3) is 9.53. The van der Waals surface area contributed by atoms with Gasteiger partial charge in [0.15, 0.2) is 0 Å². The van der Waals surface area contributed by atoms with Crippen LogP contribution in [0.25, 0.3) is 11.3 Å². The Balaban J connectivity index is 1.69. The highest BCUT2D eigenvalue weighted by atomic mass is 19.1. The van der Waals surface area contributed by atoms with E-state index in [9.17, 15) is 14.0 Å². The van der Waals surface area contributed by atoms with Crippen LogP contribution in [0.5, 0.6) is 5.75 Å². The van der Waals surface area contributed by atoms with Gasteiger partial charge in [-0.1, -0.05) is 33.3 Å². The number of nitrogens with zero attached hydrogens (tertiary/aromatic N) is 2. The number of hydrogen-bond acceptors (Lipinski definition) is 6. The number of allylic oxidation sites excluding steroid dienone is 3. The van der Waals surface area contributed by atoms with E-state index in [4.69, 9.17) is 9.47 Å². The van der Waals surface area contributed by atoms with E-state index in [2.05, 4.69) is 54.3 Å². The van der Waals surface area contributed by atoms with Gasteiger partial charge in [-0.2, -0.15) is 0 Å². The van der Waals surface area contributed by atoms with Gasteiger partial charge in [-0.3, -0.25) is 9.59 Å². The topological polar surface area (TPSA) is 83.1 Å². The summed E-state index contributed by atoms with van der Waals surface area (Å²) in [6, 6.07) is 11.5. The number of ether oxygens (including phenoxy) is 2. The minimum absolute atomic E-state index is 0.146. The molecular formula is C37H49FN4O4. The highest BCUT2D eigenvalue weighted by molar-refractivity contribution is 6.06. The van der Waals surface area contributed by atoms with Crippen molar-refractivity contribution in [3.05, 3.63) is 88.3 Å². The number of amides is 2. The molecule has 0 aliphatic carbocycles. The number of likely N-dealkylation sites (N-methyl/N-ethyl adjacent to an activating group) is 2. The number of halogens is 1. The molecule has 1 saturated heterocycles. The van der Waals surface area contributed by atoms with Gasteiger partial charge in [0.25, 0.3) is 11.8 Å². The van der Waals surface area contributed by atoms with Crippen LogP contribution in [0, 0.1) is 11.7 Å². The second kappa shape index (κ2) is 17.1. The molecule has 2 N–H and O–H groups in total. The number of carbonyl (C=O) groups excluding carboxylic acids is 2. The molecule has 9 heteroatoms. The first-order valence-corrected chi connectivity index (χ1v) is 16.4. The molecule has 0 radical (unpaired) electrons. The van der Waals surface area contributed by atoms with E-state index in [1.54, 1.807) is 25.2 Å². The van der Waals surface area contributed by atoms with Gasteiger partial charge in [0.2, 0.25) is 0 Å². The number of benzene rings is 2. The molecule has 8 nitrogen and oxygen atoms in total. The maximum atomic E-state index is 13.7. The Morgan fingerprint density at radius 3 is 2.48 bits per heavy atom. The molecule has 4 rings (SSSR count). The van der Waals surface area contributed by atoms with E-state index in [0.29, 0.717) is 52.9 Å². The molecule has 0 bridgehead atoms. The normalized spacial score (nSPS) is 17.0. The van der Waals surface area contributed by atoms with Gasteiger partial charge in [-0.05, 0) is 79.9 Å². The van der Waals surface area contributed by atoms with Crippen molar-refractivity contribution in [1.29, 1.82) is 0 Å². The van der Waals surface area contributed by atoms with Gasteiger partial charge in [-0.15, -0.1) is 0 Å². The molecule has 0 saturated carbocycles. The molecule has 2 aliphatic rings. The van der Waals surface area contributed by atoms with Crippen LogP contribution in [-0.4, -0.2) is 88.2 Å². The summed E-state index contributed by atoms with van der Waals surface area (Å²) in [5.41, 5.74) is 3.88. The second-order valence-electron chi connectivity index (χ2n) is 12.4. The van der Waals surface area contributed by atoms with Crippen molar-refractivity contribution in [2.45, 2.75) is 40.0 Å². The van der Waals surface area contributed by atoms with Crippen LogP contribution in [0.15, 0.2) is 65.8 Å². The first-order chi connectivity index (χ1) is 22.2. The number of carbonyl (C=O) groups is 2. The van der Waals surface area contributed by atoms with Gasteiger partial charge in [0.1, 0.15) is 23.9 Å². The third-order valence-electron chi connectivity index (χ3n) is 8.16. The molecule has 2 aliphatic heterocycles. The zero-order valence-electron chi connectivity index (χ0n) is 28.0. The van der Waals surface area contributed by atoms with Crippen molar-refractivity contribution in [3.8, 4) is 5.75 Å². The number of rotatable bonds is 14. The Labute approximate surface area is 273 Å². The van der Waals surface area contributed by atoms with Crippen molar-refractivity contribution in [3.63, 3.8) is 0 Å². The fourth-order valence-corrected chi connectivity index (χ4v) is 5.45. The zero-order valence-corrected chi connectivity index (χ0v) is 28.0. The molecule has 0 aromatic heterocycles. The maximum Gasteiger partial charge on any atom is 0.255 e. The number of nitrogens with one attached hydrogen (secondary N) is 2. The molecule has 1 fully saturated rings. The van der Waals surface area contributed by atoms with E-state index < -0.39 is 0 Å². The molecule has 2 heterocycles. The van der Waals surface area contributed by atoms with Crippen LogP contribution in [0.4, 0.5) is 4.39 Å². The van der Waals surface area contributed by atoms with Crippen molar-refractivity contribution in [1.82, 2.24) is 20.4 Å². The van der Waals surface area contributed by atoms with Crippen molar-refractivity contribution >= 4 is 23.1 Å². The quantitative estimate of drug-likeness (QED) is 0.267. The van der Waals surface area contributed by atoms with Crippen LogP contribution in [-0.2, 0) is 9.53 Å². The van der Waals surface area contributed by atoms with Crippen molar-refractivity contribution in [2.75, 3.05) is 66.6 Å². The maximum absolute atomic E-state index is 13.7. The van der Waals surface area contributed by atoms with Crippen LogP contribution in [0.2, 0.25) is 0 Å². The molecule has 0 spiro atoms. The summed E-state index contributed by atoms with van der Waals surface area (Å²) in [4.78, 5) is 31.2. The summed E-state index contributed by atoms with van der Waals surface area (Å²) in [7, 11) is 3.73. The minimum Gasteiger partial charge on any atom is -0.493 e. The van der Waals surface area contributed by atoms with Crippen LogP contribution in [0.1, 0.15) is 61.5 Å². The number of unbranched alkanes of at least 4 members (excludes halogenated alkanes) is 1. The zero-order chi connectivity index (χ0) is 33.1. The summed E-state index contributed by atoms with van der Waals surface area (Å²) in [6.07, 6.45) is 6.66. The molecule has 2 aromatic carbocycles. The molecule has 248 valence electrons. The summed E-state index contributed by atoms with van der Waals surface area (Å²) < 4.78 is 26.2. The Bertz CT molecular complexity index is 1440. The van der Waals surface area contributed by atoms with E-state index in [1.807, 2.05) is 18.2 Å². The Hall–Kier alpha value is -3.95. The number of piperazine rings is 1. The predicted octanol–water partition coefficient (Wildman–Crippen LogP) is 5.53. The van der Waals surface area contributed by atoms with Crippen LogP contribution in [0.3, 0.4) is 0 Å². The minimum atomic E-state index is -0.363. The molecular weight excluding hydrogens is 583 g/mol. The Morgan fingerprint density at radius 2 is 1.80 bits per heavy atom. The highest BCUT2D eigenvalue weighted by Gasteiger charge is 2.29. The van der Waals surface area contributed by atoms with Gasteiger partial charge >= 0.3 is 0 Å². The lowest BCUT2D eigenvalue weighted by Gasteiger charge is -2.32. The predicted molar refractivity (Wildman–Crippen MR) is 182 cm³/mol. The smallest absolute Gasteiger partial charge is 0.255 e. The van der Waals surface area contributed by atoms with E-state index in [-0.39, 0.29) is 24.2 Å². The average molecular weight is 633 g/mol. The lowest BCUT2D eigenvalue weighted by molar-refractivity contribution is -0.116. The molecule has 2 amide bonds. The fourth-order valence-electron chi connectivity index (χ4n) is 5.45. The Kier molecular flexibility index (Phi) is 13.0. The lowest BCUT2D eigenvalue weighted by Crippen LogP contribution is -2.44. The van der Waals surface area contributed by atoms with Crippen molar-refractivity contribution < 1.29 is 23.5 Å². The van der Waals surface area contributed by atoms with E-state index >= 15 is 0 Å². The van der Waals surface area contributed by atoms with Crippen LogP contribution >= 0.6 is 0 Å². The highest BCUT2D eigenvalue weighted by Crippen LogP contribution is 2.36. The summed E-state index contributed by atoms with van der Waals surface area (Å²) in [6.45, 7) is 12.7. The Morgan fingerprint density at radius 1 is 1.07 bits per heavy atom. The molecule has 0 atom stereocenters. The molecule has 0 unspecified atom stereocenters. The van der Waals surface area contributed by atoms with Gasteiger partial charge in [0.05, 0.1) is 12.2 Å². The number of hydrogen-bond donors (Lipinski definition) is 2. The summed E-state index contributed by atoms with van der Waals surface area (Å²) in [5, 5.41) is 5.75. The SMILES string of the molecule is CCC/C=C(\C=C1/COC(c2ccc(F)cc2)=C1C(=O)NC)c1cc(C(=O)NCC(C)C)ccc1OCCCN1CCN(C)CC1. The lowest BCUT2D eigenvalue weighted by atomic mass is 9.95. The van der Waals surface area contributed by atoms with E-state index in [1.165, 1.54) is 12.1 Å². The monoisotopic (exact) mass is 632 g/mol. The fraction of sp³-hybridized carbons (Fsp3) is 0.459. The summed E-state index contributed by atoms with van der Waals surface area (Å²) in [5.74, 6) is 0.609. The summed E-state index contributed by atoms with van der Waals surface area (Å²) >= 11 is 0. The second-order valence-corrected chi connectivity index (χ2v) is 12.4. The standard InChI is InChI=1S/C37H49FN4O4/c1-6-7-9-28(22-30-25-46-35(34(30)37(44)39-4)27-10-13-31(38)14-11-27)32-23-29(36(43)40-24-26(2)3)12-15-33(32)45-21-8-16-42-19-17-41(5)18-20-42/h9-15,22-23,26H,6-8,16-21,24-25H2,1-5H3,(H,39,44)(H,40,43)/b28-9+,30-22+. The van der Waals surface area contributed by atoms with Crippen LogP contribution < -0.4 is 15.4 Å². The van der Waals surface area contributed by atoms with E-state index in [0.717, 1.165) is 63.1 Å². The first kappa shape index (κ1) is 34.9. The average Bonchev–Trinajstić information content (AvgIpc) is 3.48. The largest absolute Gasteiger partial charge is 0.493 e. The van der Waals surface area contributed by atoms with Crippen molar-refractivity contribution in [2.24, 2.45) is 5.92 Å². The van der Waals surface area contributed by atoms with Gasteiger partial charge in [-0.25, -0.2) is 4.39 Å². The molecule has 46 heavy (non-hydrogen) atoms. The van der Waals surface area contributed by atoms with Gasteiger partial charge in [0, 0.05) is 68.6 Å². The molecule has 2 aromatic rings. The third-order valence-corrected chi connectivity index (χ3v) is 8.16. The van der Waals surface area contributed by atoms with Gasteiger partial charge < -0.3 is 29.9 Å².